The number of methoxy groups -OCH3 is 1. The number of esters is 1. The van der Waals surface area contributed by atoms with Gasteiger partial charge in [-0.15, -0.1) is 5.10 Å². The highest BCUT2D eigenvalue weighted by molar-refractivity contribution is 5.86. The number of carbonyl (C=O) groups excluding carboxylic acids is 1. The van der Waals surface area contributed by atoms with E-state index in [0.717, 1.165) is 11.3 Å². The Morgan fingerprint density at radius 3 is 2.68 bits per heavy atom. The molecule has 19 heavy (non-hydrogen) atoms. The maximum atomic E-state index is 11.4. The molecule has 0 aliphatic carbocycles. The van der Waals surface area contributed by atoms with E-state index in [9.17, 15) is 4.79 Å². The summed E-state index contributed by atoms with van der Waals surface area (Å²) in [6.45, 7) is 2.56. The summed E-state index contributed by atoms with van der Waals surface area (Å²) in [6.07, 6.45) is 1.40. The van der Waals surface area contributed by atoms with Crippen LogP contribution in [0.2, 0.25) is 0 Å². The van der Waals surface area contributed by atoms with Crippen molar-refractivity contribution in [2.24, 2.45) is 0 Å². The Bertz CT molecular complexity index is 549. The third-order valence-corrected chi connectivity index (χ3v) is 2.50. The largest absolute Gasteiger partial charge is 0.497 e. The Labute approximate surface area is 110 Å². The second kappa shape index (κ2) is 5.99. The molecule has 0 aliphatic heterocycles. The Hall–Kier alpha value is -2.37. The van der Waals surface area contributed by atoms with Gasteiger partial charge in [-0.1, -0.05) is 12.1 Å². The molecule has 100 valence electrons. The Balaban J connectivity index is 2.04. The van der Waals surface area contributed by atoms with Crippen molar-refractivity contribution in [1.29, 1.82) is 0 Å². The molecule has 0 atom stereocenters. The number of hydrogen-bond donors (Lipinski definition) is 0. The van der Waals surface area contributed by atoms with Gasteiger partial charge in [0.1, 0.15) is 5.75 Å². The van der Waals surface area contributed by atoms with E-state index in [1.807, 2.05) is 24.3 Å². The molecule has 2 aromatic rings. The number of ether oxygens (including phenoxy) is 2. The first-order chi connectivity index (χ1) is 9.22. The lowest BCUT2D eigenvalue weighted by Crippen LogP contribution is -2.08. The molecule has 0 amide bonds. The van der Waals surface area contributed by atoms with E-state index in [4.69, 9.17) is 9.47 Å². The van der Waals surface area contributed by atoms with Gasteiger partial charge in [0.15, 0.2) is 5.69 Å². The lowest BCUT2D eigenvalue weighted by Gasteiger charge is -2.02. The maximum absolute atomic E-state index is 11.4. The van der Waals surface area contributed by atoms with E-state index in [1.54, 1.807) is 14.0 Å². The maximum Gasteiger partial charge on any atom is 0.360 e. The summed E-state index contributed by atoms with van der Waals surface area (Å²) in [4.78, 5) is 12.9. The molecule has 2 rings (SSSR count). The van der Waals surface area contributed by atoms with Gasteiger partial charge >= 0.3 is 5.97 Å². The summed E-state index contributed by atoms with van der Waals surface area (Å²) in [6, 6.07) is 7.58. The van der Waals surface area contributed by atoms with E-state index < -0.39 is 5.97 Å². The number of nitrogens with zero attached hydrogens (tertiary/aromatic N) is 3. The van der Waals surface area contributed by atoms with Crippen LogP contribution in [0.25, 0.3) is 0 Å². The SMILES string of the molecule is CCOC(=O)c1cnn(Cc2ccc(OC)cc2)n1. The van der Waals surface area contributed by atoms with Crippen LogP contribution in [0.5, 0.6) is 5.75 Å². The fraction of sp³-hybridized carbons (Fsp3) is 0.308. The predicted octanol–water partition coefficient (Wildman–Crippen LogP) is 1.51. The highest BCUT2D eigenvalue weighted by Crippen LogP contribution is 2.11. The van der Waals surface area contributed by atoms with Crippen molar-refractivity contribution in [3.05, 3.63) is 41.7 Å². The highest BCUT2D eigenvalue weighted by atomic mass is 16.5. The fourth-order valence-electron chi connectivity index (χ4n) is 1.57. The molecule has 0 fully saturated rings. The number of rotatable bonds is 5. The van der Waals surface area contributed by atoms with Gasteiger partial charge in [0.05, 0.1) is 26.5 Å². The summed E-state index contributed by atoms with van der Waals surface area (Å²) in [5, 5.41) is 8.10. The summed E-state index contributed by atoms with van der Waals surface area (Å²) < 4.78 is 9.93. The van der Waals surface area contributed by atoms with Crippen molar-refractivity contribution in [1.82, 2.24) is 15.0 Å². The summed E-state index contributed by atoms with van der Waals surface area (Å²) in [5.41, 5.74) is 1.24. The Morgan fingerprint density at radius 2 is 2.05 bits per heavy atom. The van der Waals surface area contributed by atoms with E-state index in [-0.39, 0.29) is 5.69 Å². The molecule has 1 aromatic heterocycles. The molecule has 0 spiro atoms. The standard InChI is InChI=1S/C13H15N3O3/c1-3-19-13(17)12-8-14-16(15-12)9-10-4-6-11(18-2)7-5-10/h4-8H,3,9H2,1-2H3. The normalized spacial score (nSPS) is 10.2. The van der Waals surface area contributed by atoms with Gasteiger partial charge in [0, 0.05) is 0 Å². The molecule has 0 bridgehead atoms. The van der Waals surface area contributed by atoms with Crippen molar-refractivity contribution >= 4 is 5.97 Å². The molecule has 0 aliphatic rings. The lowest BCUT2D eigenvalue weighted by molar-refractivity contribution is 0.0518. The third kappa shape index (κ3) is 3.31. The highest BCUT2D eigenvalue weighted by Gasteiger charge is 2.11. The molecule has 6 nitrogen and oxygen atoms in total. The van der Waals surface area contributed by atoms with Crippen LogP contribution in [0, 0.1) is 0 Å². The molecule has 6 heteroatoms. The number of benzene rings is 1. The van der Waals surface area contributed by atoms with Crippen molar-refractivity contribution in [3.8, 4) is 5.75 Å². The first-order valence-electron chi connectivity index (χ1n) is 5.93. The van der Waals surface area contributed by atoms with Crippen molar-refractivity contribution in [2.75, 3.05) is 13.7 Å². The number of carbonyl (C=O) groups is 1. The molecular weight excluding hydrogens is 246 g/mol. The second-order valence-electron chi connectivity index (χ2n) is 3.83. The molecule has 1 heterocycles. The van der Waals surface area contributed by atoms with Gasteiger partial charge in [-0.25, -0.2) is 4.79 Å². The van der Waals surface area contributed by atoms with Crippen LogP contribution in [-0.2, 0) is 11.3 Å². The van der Waals surface area contributed by atoms with E-state index in [1.165, 1.54) is 11.0 Å². The molecule has 0 saturated heterocycles. The monoisotopic (exact) mass is 261 g/mol. The minimum atomic E-state index is -0.455. The lowest BCUT2D eigenvalue weighted by atomic mass is 10.2. The predicted molar refractivity (Wildman–Crippen MR) is 68.1 cm³/mol. The van der Waals surface area contributed by atoms with Crippen LogP contribution < -0.4 is 4.74 Å². The fourth-order valence-corrected chi connectivity index (χ4v) is 1.57. The molecule has 0 N–H and O–H groups in total. The van der Waals surface area contributed by atoms with Crippen molar-refractivity contribution < 1.29 is 14.3 Å². The van der Waals surface area contributed by atoms with E-state index in [2.05, 4.69) is 10.2 Å². The summed E-state index contributed by atoms with van der Waals surface area (Å²) >= 11 is 0. The van der Waals surface area contributed by atoms with Crippen LogP contribution in [0.4, 0.5) is 0 Å². The van der Waals surface area contributed by atoms with Gasteiger partial charge in [0.2, 0.25) is 0 Å². The van der Waals surface area contributed by atoms with E-state index >= 15 is 0 Å². The third-order valence-electron chi connectivity index (χ3n) is 2.50. The number of hydrogen-bond acceptors (Lipinski definition) is 5. The van der Waals surface area contributed by atoms with Gasteiger partial charge in [-0.05, 0) is 24.6 Å². The van der Waals surface area contributed by atoms with Crippen LogP contribution in [-0.4, -0.2) is 34.7 Å². The molecule has 0 radical (unpaired) electrons. The van der Waals surface area contributed by atoms with Crippen molar-refractivity contribution in [2.45, 2.75) is 13.5 Å². The zero-order valence-electron chi connectivity index (χ0n) is 10.9. The minimum absolute atomic E-state index is 0.218. The molecule has 1 aromatic carbocycles. The summed E-state index contributed by atoms with van der Waals surface area (Å²) in [7, 11) is 1.62. The zero-order valence-corrected chi connectivity index (χ0v) is 10.9. The smallest absolute Gasteiger partial charge is 0.360 e. The van der Waals surface area contributed by atoms with Crippen molar-refractivity contribution in [3.63, 3.8) is 0 Å². The van der Waals surface area contributed by atoms with Gasteiger partial charge in [0.25, 0.3) is 0 Å². The Kier molecular flexibility index (Phi) is 4.12. The van der Waals surface area contributed by atoms with Gasteiger partial charge in [-0.3, -0.25) is 0 Å². The van der Waals surface area contributed by atoms with Crippen LogP contribution >= 0.6 is 0 Å². The topological polar surface area (TPSA) is 66.2 Å². The minimum Gasteiger partial charge on any atom is -0.497 e. The second-order valence-corrected chi connectivity index (χ2v) is 3.83. The Morgan fingerprint density at radius 1 is 1.32 bits per heavy atom. The molecule has 0 unspecified atom stereocenters. The first kappa shape index (κ1) is 13.1. The average molecular weight is 261 g/mol. The molecule has 0 saturated carbocycles. The van der Waals surface area contributed by atoms with Crippen LogP contribution in [0.3, 0.4) is 0 Å². The van der Waals surface area contributed by atoms with Gasteiger partial charge < -0.3 is 9.47 Å². The van der Waals surface area contributed by atoms with E-state index in [0.29, 0.717) is 13.2 Å². The molecular formula is C13H15N3O3. The summed E-state index contributed by atoms with van der Waals surface area (Å²) in [5.74, 6) is 0.341. The average Bonchev–Trinajstić information content (AvgIpc) is 2.88. The first-order valence-corrected chi connectivity index (χ1v) is 5.93. The van der Waals surface area contributed by atoms with Gasteiger partial charge in [-0.2, -0.15) is 9.90 Å². The quantitative estimate of drug-likeness (QED) is 0.763. The number of aromatic nitrogens is 3. The van der Waals surface area contributed by atoms with Crippen LogP contribution in [0.15, 0.2) is 30.5 Å². The zero-order chi connectivity index (χ0) is 13.7. The van der Waals surface area contributed by atoms with Crippen LogP contribution in [0.1, 0.15) is 23.0 Å².